The van der Waals surface area contributed by atoms with Gasteiger partial charge < -0.3 is 4.57 Å². The highest BCUT2D eigenvalue weighted by molar-refractivity contribution is 8.27. The quantitative estimate of drug-likeness (QED) is 0.560. The molecule has 160 valence electrons. The number of aromatic nitrogens is 1. The molecule has 2 aromatic carbocycles. The number of para-hydroxylation sites is 1. The van der Waals surface area contributed by atoms with Crippen LogP contribution in [0.1, 0.15) is 30.5 Å². The number of aliphatic imine (C=N–C) groups is 1. The first-order valence-corrected chi connectivity index (χ1v) is 11.4. The first-order chi connectivity index (χ1) is 15.4. The predicted molar refractivity (Wildman–Crippen MR) is 132 cm³/mol. The van der Waals surface area contributed by atoms with E-state index in [9.17, 15) is 4.79 Å². The van der Waals surface area contributed by atoms with Crippen molar-refractivity contribution in [2.75, 3.05) is 0 Å². The standard InChI is InChI=1S/C25H23N5OS/c1-15(2)24-28-30-22(26)20(23(31)27-25(30)32-24)12-18-14-29(21-10-5-4-9-19(18)21)13-17-8-6-7-16(3)11-17/h4-12,14-15,26H,13H2,1-3H3/b20-12-,26-22?. The lowest BCUT2D eigenvalue weighted by atomic mass is 10.1. The fourth-order valence-corrected chi connectivity index (χ4v) is 4.82. The number of aryl methyl sites for hydroxylation is 1. The van der Waals surface area contributed by atoms with Crippen LogP contribution in [0.25, 0.3) is 17.0 Å². The van der Waals surface area contributed by atoms with Gasteiger partial charge in [0.15, 0.2) is 5.84 Å². The van der Waals surface area contributed by atoms with Gasteiger partial charge in [-0.25, -0.2) is 0 Å². The van der Waals surface area contributed by atoms with Gasteiger partial charge in [-0.2, -0.15) is 15.1 Å². The lowest BCUT2D eigenvalue weighted by molar-refractivity contribution is -0.114. The Bertz CT molecular complexity index is 1360. The highest BCUT2D eigenvalue weighted by atomic mass is 32.2. The molecular weight excluding hydrogens is 418 g/mol. The van der Waals surface area contributed by atoms with Gasteiger partial charge in [-0.1, -0.05) is 61.9 Å². The molecule has 2 aliphatic heterocycles. The summed E-state index contributed by atoms with van der Waals surface area (Å²) in [6.45, 7) is 6.89. The molecule has 0 unspecified atom stereocenters. The maximum atomic E-state index is 12.8. The third-order valence-electron chi connectivity index (χ3n) is 5.52. The van der Waals surface area contributed by atoms with Gasteiger partial charge in [0, 0.05) is 35.1 Å². The lowest BCUT2D eigenvalue weighted by Crippen LogP contribution is -2.35. The van der Waals surface area contributed by atoms with Crippen LogP contribution in [0.5, 0.6) is 0 Å². The molecule has 5 rings (SSSR count). The second-order valence-electron chi connectivity index (χ2n) is 8.33. The van der Waals surface area contributed by atoms with Crippen molar-refractivity contribution >= 4 is 50.7 Å². The number of benzene rings is 2. The van der Waals surface area contributed by atoms with Crippen LogP contribution in [0.4, 0.5) is 0 Å². The zero-order chi connectivity index (χ0) is 22.4. The minimum absolute atomic E-state index is 0.0682. The molecule has 0 saturated heterocycles. The number of hydrazone groups is 1. The second-order valence-corrected chi connectivity index (χ2v) is 9.32. The number of carbonyl (C=O) groups excluding carboxylic acids is 1. The van der Waals surface area contributed by atoms with Gasteiger partial charge in [0.05, 0.1) is 5.57 Å². The third-order valence-corrected chi connectivity index (χ3v) is 6.73. The number of rotatable bonds is 4. The number of carbonyl (C=O) groups is 1. The molecule has 0 atom stereocenters. The third kappa shape index (κ3) is 3.58. The molecule has 0 fully saturated rings. The van der Waals surface area contributed by atoms with Gasteiger partial charge in [0.1, 0.15) is 5.04 Å². The minimum Gasteiger partial charge on any atom is -0.342 e. The predicted octanol–water partition coefficient (Wildman–Crippen LogP) is 5.27. The normalized spacial score (nSPS) is 17.4. The van der Waals surface area contributed by atoms with Gasteiger partial charge in [-0.05, 0) is 36.4 Å². The highest BCUT2D eigenvalue weighted by Gasteiger charge is 2.36. The molecule has 6 nitrogen and oxygen atoms in total. The summed E-state index contributed by atoms with van der Waals surface area (Å²) in [4.78, 5) is 17.0. The van der Waals surface area contributed by atoms with Crippen LogP contribution in [0, 0.1) is 18.3 Å². The smallest absolute Gasteiger partial charge is 0.283 e. The monoisotopic (exact) mass is 441 g/mol. The largest absolute Gasteiger partial charge is 0.342 e. The van der Waals surface area contributed by atoms with E-state index in [0.29, 0.717) is 5.17 Å². The van der Waals surface area contributed by atoms with Crippen LogP contribution in [0.2, 0.25) is 0 Å². The van der Waals surface area contributed by atoms with E-state index in [2.05, 4.69) is 51.9 Å². The zero-order valence-electron chi connectivity index (χ0n) is 18.2. The molecule has 0 bridgehead atoms. The Morgan fingerprint density at radius 1 is 1.16 bits per heavy atom. The van der Waals surface area contributed by atoms with E-state index in [0.717, 1.165) is 28.1 Å². The summed E-state index contributed by atoms with van der Waals surface area (Å²) in [7, 11) is 0. The van der Waals surface area contributed by atoms with E-state index in [-0.39, 0.29) is 17.3 Å². The van der Waals surface area contributed by atoms with Crippen molar-refractivity contribution in [3.63, 3.8) is 0 Å². The lowest BCUT2D eigenvalue weighted by Gasteiger charge is -2.20. The van der Waals surface area contributed by atoms with Crippen molar-refractivity contribution in [3.05, 3.63) is 77.0 Å². The minimum atomic E-state index is -0.399. The molecule has 2 aliphatic rings. The van der Waals surface area contributed by atoms with Crippen LogP contribution in [0.3, 0.4) is 0 Å². The van der Waals surface area contributed by atoms with Gasteiger partial charge in [-0.15, -0.1) is 0 Å². The van der Waals surface area contributed by atoms with Crippen molar-refractivity contribution < 1.29 is 4.79 Å². The van der Waals surface area contributed by atoms with Crippen molar-refractivity contribution in [3.8, 4) is 0 Å². The molecule has 1 aromatic heterocycles. The molecule has 0 aliphatic carbocycles. The fraction of sp³-hybridized carbons (Fsp3) is 0.200. The number of nitrogens with one attached hydrogen (secondary N) is 1. The van der Waals surface area contributed by atoms with Crippen molar-refractivity contribution in [2.45, 2.75) is 27.3 Å². The summed E-state index contributed by atoms with van der Waals surface area (Å²) in [5.41, 5.74) is 4.66. The molecule has 3 heterocycles. The average Bonchev–Trinajstić information content (AvgIpc) is 3.34. The molecular formula is C25H23N5OS. The van der Waals surface area contributed by atoms with Gasteiger partial charge in [0.2, 0.25) is 5.17 Å². The SMILES string of the molecule is Cc1cccc(Cn2cc(/C=C3/C(=N)N4N=C(C(C)C)SC4=NC3=O)c3ccccc32)c1. The molecule has 1 N–H and O–H groups in total. The Morgan fingerprint density at radius 2 is 1.97 bits per heavy atom. The summed E-state index contributed by atoms with van der Waals surface area (Å²) >= 11 is 1.36. The highest BCUT2D eigenvalue weighted by Crippen LogP contribution is 2.32. The Kier molecular flexibility index (Phi) is 5.06. The Hall–Kier alpha value is -3.45. The van der Waals surface area contributed by atoms with E-state index >= 15 is 0 Å². The van der Waals surface area contributed by atoms with Crippen LogP contribution in [0.15, 0.2) is 70.4 Å². The maximum Gasteiger partial charge on any atom is 0.283 e. The molecule has 1 amide bonds. The number of amides is 1. The average molecular weight is 442 g/mol. The Labute approximate surface area is 190 Å². The van der Waals surface area contributed by atoms with Crippen molar-refractivity contribution in [2.24, 2.45) is 16.0 Å². The number of thioether (sulfide) groups is 1. The molecule has 0 saturated carbocycles. The van der Waals surface area contributed by atoms with E-state index in [1.54, 1.807) is 6.08 Å². The first-order valence-electron chi connectivity index (χ1n) is 10.5. The van der Waals surface area contributed by atoms with Crippen LogP contribution >= 0.6 is 11.8 Å². The Morgan fingerprint density at radius 3 is 2.75 bits per heavy atom. The number of hydrogen-bond donors (Lipinski definition) is 1. The van der Waals surface area contributed by atoms with Gasteiger partial charge in [-0.3, -0.25) is 10.2 Å². The number of hydrogen-bond acceptors (Lipinski definition) is 4. The zero-order valence-corrected chi connectivity index (χ0v) is 19.0. The second kappa shape index (κ2) is 7.91. The molecule has 0 spiro atoms. The number of amidine groups is 2. The molecule has 7 heteroatoms. The van der Waals surface area contributed by atoms with Crippen LogP contribution in [-0.2, 0) is 11.3 Å². The molecule has 0 radical (unpaired) electrons. The molecule has 32 heavy (non-hydrogen) atoms. The van der Waals surface area contributed by atoms with Crippen LogP contribution < -0.4 is 0 Å². The van der Waals surface area contributed by atoms with Crippen LogP contribution in [-0.4, -0.2) is 31.5 Å². The van der Waals surface area contributed by atoms with Crippen molar-refractivity contribution in [1.29, 1.82) is 5.41 Å². The summed E-state index contributed by atoms with van der Waals surface area (Å²) < 4.78 is 2.18. The fourth-order valence-electron chi connectivity index (χ4n) is 3.92. The summed E-state index contributed by atoms with van der Waals surface area (Å²) in [5, 5.41) is 17.0. The summed E-state index contributed by atoms with van der Waals surface area (Å²) in [5.74, 6) is -0.119. The van der Waals surface area contributed by atoms with Crippen molar-refractivity contribution in [1.82, 2.24) is 9.58 Å². The maximum absolute atomic E-state index is 12.8. The summed E-state index contributed by atoms with van der Waals surface area (Å²) in [6.07, 6.45) is 3.81. The van der Waals surface area contributed by atoms with Gasteiger partial charge in [0.25, 0.3) is 5.91 Å². The Balaban J connectivity index is 1.56. The van der Waals surface area contributed by atoms with Gasteiger partial charge >= 0.3 is 0 Å². The first kappa shape index (κ1) is 20.5. The van der Waals surface area contributed by atoms with E-state index in [1.807, 2.05) is 38.2 Å². The molecule has 3 aromatic rings. The topological polar surface area (TPSA) is 73.8 Å². The van der Waals surface area contributed by atoms with E-state index < -0.39 is 5.91 Å². The number of nitrogens with zero attached hydrogens (tertiary/aromatic N) is 4. The van der Waals surface area contributed by atoms with E-state index in [1.165, 1.54) is 27.9 Å². The summed E-state index contributed by atoms with van der Waals surface area (Å²) in [6, 6.07) is 16.6. The number of fused-ring (bicyclic) bond motifs is 2. The van der Waals surface area contributed by atoms with E-state index in [4.69, 9.17) is 5.41 Å².